The smallest absolute Gasteiger partial charge is 0.327 e. The summed E-state index contributed by atoms with van der Waals surface area (Å²) in [5, 5.41) is 21.3. The summed E-state index contributed by atoms with van der Waals surface area (Å²) >= 11 is 0. The average molecular weight is 564 g/mol. The van der Waals surface area contributed by atoms with Crippen molar-refractivity contribution in [2.24, 2.45) is 0 Å². The Balaban J connectivity index is 2.06. The van der Waals surface area contributed by atoms with Gasteiger partial charge in [-0.15, -0.1) is 0 Å². The van der Waals surface area contributed by atoms with Crippen LogP contribution in [0.4, 0.5) is 0 Å². The van der Waals surface area contributed by atoms with E-state index in [9.17, 15) is 19.3 Å². The number of unbranched alkanes of at least 4 members (excludes halogenated alkanes) is 7. The summed E-state index contributed by atoms with van der Waals surface area (Å²) in [5.74, 6) is 0.0270. The van der Waals surface area contributed by atoms with Crippen LogP contribution in [0, 0.1) is 0 Å². The third kappa shape index (κ3) is 20.0. The molecule has 5 N–H and O–H groups in total. The van der Waals surface area contributed by atoms with Gasteiger partial charge in [0.25, 0.3) is 0 Å². The summed E-state index contributed by atoms with van der Waals surface area (Å²) in [4.78, 5) is 47.0. The molecule has 0 spiro atoms. The number of rotatable bonds is 23. The van der Waals surface area contributed by atoms with Gasteiger partial charge >= 0.3 is 7.60 Å². The van der Waals surface area contributed by atoms with Crippen molar-refractivity contribution in [3.05, 3.63) is 0 Å². The van der Waals surface area contributed by atoms with Gasteiger partial charge in [0, 0.05) is 32.5 Å². The first-order chi connectivity index (χ1) is 18.2. The van der Waals surface area contributed by atoms with Crippen LogP contribution in [0.1, 0.15) is 103 Å². The van der Waals surface area contributed by atoms with E-state index in [-0.39, 0.29) is 31.1 Å². The van der Waals surface area contributed by atoms with E-state index in [1.54, 1.807) is 0 Å². The fourth-order valence-corrected chi connectivity index (χ4v) is 5.27. The van der Waals surface area contributed by atoms with E-state index in [2.05, 4.69) is 10.2 Å². The van der Waals surface area contributed by atoms with Gasteiger partial charge in [0.05, 0.1) is 18.9 Å². The SMILES string of the molecule is O=C(CCCCCN1CCCCC1)NCCCCCCCC(=O)N(CCCCC(O)CO)CCP(=O)(O)O. The van der Waals surface area contributed by atoms with Crippen LogP contribution < -0.4 is 5.32 Å². The molecule has 0 bridgehead atoms. The van der Waals surface area contributed by atoms with Crippen LogP contribution in [-0.2, 0) is 14.2 Å². The summed E-state index contributed by atoms with van der Waals surface area (Å²) in [6.07, 6.45) is 13.2. The Hall–Kier alpha value is -1.03. The monoisotopic (exact) mass is 563 g/mol. The predicted molar refractivity (Wildman–Crippen MR) is 150 cm³/mol. The standard InChI is InChI=1S/C27H54N3O7P/c31-24-25(32)14-8-13-21-30(22-23-38(35,36)37)27(34)16-7-2-1-3-9-17-28-26(33)15-6-4-10-18-29-19-11-5-12-20-29/h25,31-32H,1-24H2,(H,28,33)(H2,35,36,37). The molecule has 1 rings (SSSR count). The number of hydrogen-bond donors (Lipinski definition) is 5. The van der Waals surface area contributed by atoms with Gasteiger partial charge in [-0.2, -0.15) is 0 Å². The van der Waals surface area contributed by atoms with Crippen molar-refractivity contribution in [2.75, 3.05) is 52.0 Å². The maximum absolute atomic E-state index is 12.6. The van der Waals surface area contributed by atoms with Gasteiger partial charge in [-0.05, 0) is 77.4 Å². The molecule has 0 aliphatic carbocycles. The number of carbonyl (C=O) groups excluding carboxylic acids is 2. The summed E-state index contributed by atoms with van der Waals surface area (Å²) in [6, 6.07) is 0. The van der Waals surface area contributed by atoms with Crippen LogP contribution in [0.2, 0.25) is 0 Å². The summed E-state index contributed by atoms with van der Waals surface area (Å²) in [7, 11) is -4.19. The topological polar surface area (TPSA) is 151 Å². The predicted octanol–water partition coefficient (Wildman–Crippen LogP) is 3.02. The minimum Gasteiger partial charge on any atom is -0.394 e. The van der Waals surface area contributed by atoms with E-state index < -0.39 is 13.7 Å². The lowest BCUT2D eigenvalue weighted by Gasteiger charge is -2.26. The number of carbonyl (C=O) groups is 2. The molecule has 0 radical (unpaired) electrons. The molecule has 38 heavy (non-hydrogen) atoms. The Morgan fingerprint density at radius 3 is 2.21 bits per heavy atom. The van der Waals surface area contributed by atoms with Crippen LogP contribution in [0.25, 0.3) is 0 Å². The zero-order valence-corrected chi connectivity index (χ0v) is 24.3. The van der Waals surface area contributed by atoms with E-state index in [0.29, 0.717) is 45.2 Å². The second-order valence-electron chi connectivity index (χ2n) is 10.7. The molecule has 1 heterocycles. The number of nitrogens with one attached hydrogen (secondary N) is 1. The lowest BCUT2D eigenvalue weighted by molar-refractivity contribution is -0.131. The molecule has 0 aromatic carbocycles. The van der Waals surface area contributed by atoms with Crippen LogP contribution >= 0.6 is 7.60 Å². The van der Waals surface area contributed by atoms with Gasteiger partial charge in [-0.25, -0.2) is 0 Å². The van der Waals surface area contributed by atoms with Crippen LogP contribution in [0.5, 0.6) is 0 Å². The summed E-state index contributed by atoms with van der Waals surface area (Å²) in [6.45, 7) is 4.41. The van der Waals surface area contributed by atoms with Crippen LogP contribution in [0.3, 0.4) is 0 Å². The van der Waals surface area contributed by atoms with E-state index in [0.717, 1.165) is 51.5 Å². The van der Waals surface area contributed by atoms with Gasteiger partial charge in [-0.1, -0.05) is 32.1 Å². The minimum atomic E-state index is -4.19. The zero-order chi connectivity index (χ0) is 28.1. The highest BCUT2D eigenvalue weighted by Crippen LogP contribution is 2.33. The molecular weight excluding hydrogens is 509 g/mol. The summed E-state index contributed by atoms with van der Waals surface area (Å²) < 4.78 is 11.2. The number of aliphatic hydroxyl groups excluding tert-OH is 2. The van der Waals surface area contributed by atoms with Crippen molar-refractivity contribution < 1.29 is 34.2 Å². The van der Waals surface area contributed by atoms with Crippen molar-refractivity contribution in [3.63, 3.8) is 0 Å². The Bertz CT molecular complexity index is 671. The molecule has 0 aromatic rings. The lowest BCUT2D eigenvalue weighted by atomic mass is 10.1. The number of likely N-dealkylation sites (tertiary alicyclic amines) is 1. The number of amides is 2. The molecule has 1 atom stereocenters. The molecule has 2 amide bonds. The first-order valence-corrected chi connectivity index (χ1v) is 16.6. The van der Waals surface area contributed by atoms with Gasteiger partial charge in [0.15, 0.2) is 0 Å². The molecule has 10 nitrogen and oxygen atoms in total. The van der Waals surface area contributed by atoms with Gasteiger partial charge in [0.1, 0.15) is 0 Å². The molecule has 11 heteroatoms. The fraction of sp³-hybridized carbons (Fsp3) is 0.926. The van der Waals surface area contributed by atoms with Crippen molar-refractivity contribution in [2.45, 2.75) is 109 Å². The Kier molecular flexibility index (Phi) is 20.0. The largest absolute Gasteiger partial charge is 0.394 e. The number of aliphatic hydroxyl groups is 2. The second-order valence-corrected chi connectivity index (χ2v) is 12.5. The number of nitrogens with zero attached hydrogens (tertiary/aromatic N) is 2. The Morgan fingerprint density at radius 1 is 0.842 bits per heavy atom. The fourth-order valence-electron chi connectivity index (χ4n) is 4.77. The third-order valence-corrected chi connectivity index (χ3v) is 7.94. The molecule has 1 fully saturated rings. The van der Waals surface area contributed by atoms with Crippen molar-refractivity contribution in [3.8, 4) is 0 Å². The van der Waals surface area contributed by atoms with Crippen LogP contribution in [0.15, 0.2) is 0 Å². The Labute approximate surface area is 229 Å². The van der Waals surface area contributed by atoms with E-state index in [1.807, 2.05) is 0 Å². The first-order valence-electron chi connectivity index (χ1n) is 14.8. The maximum atomic E-state index is 12.6. The number of hydrogen-bond acceptors (Lipinski definition) is 6. The third-order valence-electron chi connectivity index (χ3n) is 7.16. The van der Waals surface area contributed by atoms with E-state index >= 15 is 0 Å². The van der Waals surface area contributed by atoms with Crippen LogP contribution in [-0.4, -0.2) is 99.8 Å². The number of piperidine rings is 1. The molecule has 0 aromatic heterocycles. The highest BCUT2D eigenvalue weighted by Gasteiger charge is 2.19. The highest BCUT2D eigenvalue weighted by atomic mass is 31.2. The molecule has 0 saturated carbocycles. The quantitative estimate of drug-likeness (QED) is 0.0940. The first kappa shape index (κ1) is 35.0. The zero-order valence-electron chi connectivity index (χ0n) is 23.4. The van der Waals surface area contributed by atoms with Crippen molar-refractivity contribution in [1.82, 2.24) is 15.1 Å². The molecule has 224 valence electrons. The van der Waals surface area contributed by atoms with Gasteiger partial charge in [-0.3, -0.25) is 14.2 Å². The van der Waals surface area contributed by atoms with Gasteiger partial charge in [0.2, 0.25) is 11.8 Å². The van der Waals surface area contributed by atoms with E-state index in [4.69, 9.17) is 14.9 Å². The Morgan fingerprint density at radius 2 is 1.50 bits per heavy atom. The second kappa shape index (κ2) is 21.8. The van der Waals surface area contributed by atoms with Crippen molar-refractivity contribution >= 4 is 19.4 Å². The molecular formula is C27H54N3O7P. The van der Waals surface area contributed by atoms with Crippen molar-refractivity contribution in [1.29, 1.82) is 0 Å². The minimum absolute atomic E-state index is 0.0177. The van der Waals surface area contributed by atoms with Gasteiger partial charge < -0.3 is 35.1 Å². The molecule has 1 aliphatic heterocycles. The normalized spacial score (nSPS) is 15.4. The lowest BCUT2D eigenvalue weighted by Crippen LogP contribution is -2.34. The molecule has 1 unspecified atom stereocenters. The maximum Gasteiger partial charge on any atom is 0.327 e. The molecule has 1 aliphatic rings. The van der Waals surface area contributed by atoms with E-state index in [1.165, 1.54) is 43.7 Å². The average Bonchev–Trinajstić information content (AvgIpc) is 2.89. The molecule has 1 saturated heterocycles. The summed E-state index contributed by atoms with van der Waals surface area (Å²) in [5.41, 5.74) is 0. The highest BCUT2D eigenvalue weighted by molar-refractivity contribution is 7.51.